The van der Waals surface area contributed by atoms with E-state index in [0.717, 1.165) is 40.0 Å². The van der Waals surface area contributed by atoms with Gasteiger partial charge in [0.2, 0.25) is 0 Å². The molecule has 0 radical (unpaired) electrons. The maximum Gasteiger partial charge on any atom is 0.266 e. The van der Waals surface area contributed by atoms with Crippen molar-refractivity contribution in [1.29, 1.82) is 0 Å². The zero-order valence-corrected chi connectivity index (χ0v) is 20.6. The topological polar surface area (TPSA) is 50.5 Å². The summed E-state index contributed by atoms with van der Waals surface area (Å²) >= 11 is 1.41. The average molecular weight is 467 g/mol. The third kappa shape index (κ3) is 3.94. The number of nitrogens with zero attached hydrogens (tertiary/aromatic N) is 4. The van der Waals surface area contributed by atoms with E-state index in [0.29, 0.717) is 10.1 Å². The van der Waals surface area contributed by atoms with Gasteiger partial charge < -0.3 is 4.57 Å². The SMILES string of the molecule is CCc1ccccc1-n1c(C)cc(/C=C2\SC(=Nc3ccc4ncccc4c3)N(C)C2=O)c1C. The zero-order chi connectivity index (χ0) is 23.8. The smallest absolute Gasteiger partial charge is 0.266 e. The molecule has 6 heteroatoms. The fourth-order valence-corrected chi connectivity index (χ4v) is 5.35. The monoisotopic (exact) mass is 466 g/mol. The third-order valence-corrected chi connectivity index (χ3v) is 7.25. The van der Waals surface area contributed by atoms with Crippen molar-refractivity contribution in [1.82, 2.24) is 14.5 Å². The van der Waals surface area contributed by atoms with Gasteiger partial charge >= 0.3 is 0 Å². The number of hydrogen-bond acceptors (Lipinski definition) is 4. The van der Waals surface area contributed by atoms with Crippen molar-refractivity contribution >= 4 is 45.5 Å². The minimum absolute atomic E-state index is 0.0371. The number of amidine groups is 1. The molecule has 34 heavy (non-hydrogen) atoms. The molecule has 0 bridgehead atoms. The van der Waals surface area contributed by atoms with E-state index in [9.17, 15) is 4.79 Å². The number of amides is 1. The number of likely N-dealkylation sites (N-methyl/N-ethyl adjacent to an activating group) is 1. The Morgan fingerprint density at radius 2 is 1.88 bits per heavy atom. The van der Waals surface area contributed by atoms with Gasteiger partial charge in [-0.15, -0.1) is 0 Å². The normalized spacial score (nSPS) is 16.4. The van der Waals surface area contributed by atoms with Crippen LogP contribution in [0.15, 0.2) is 76.8 Å². The molecule has 2 aromatic heterocycles. The van der Waals surface area contributed by atoms with Crippen LogP contribution in [0.25, 0.3) is 22.7 Å². The van der Waals surface area contributed by atoms with Crippen LogP contribution in [0.4, 0.5) is 5.69 Å². The van der Waals surface area contributed by atoms with Gasteiger partial charge in [0, 0.05) is 35.7 Å². The molecule has 3 heterocycles. The van der Waals surface area contributed by atoms with E-state index in [1.165, 1.54) is 23.0 Å². The highest BCUT2D eigenvalue weighted by molar-refractivity contribution is 8.18. The molecule has 2 aromatic carbocycles. The predicted molar refractivity (Wildman–Crippen MR) is 142 cm³/mol. The number of para-hydroxylation sites is 1. The van der Waals surface area contributed by atoms with Crippen LogP contribution < -0.4 is 0 Å². The number of carbonyl (C=O) groups excluding carboxylic acids is 1. The van der Waals surface area contributed by atoms with Gasteiger partial charge in [0.05, 0.1) is 16.1 Å². The maximum atomic E-state index is 13.0. The van der Waals surface area contributed by atoms with Crippen LogP contribution in [0.3, 0.4) is 0 Å². The highest BCUT2D eigenvalue weighted by atomic mass is 32.2. The Hall–Kier alpha value is -3.64. The number of aryl methyl sites for hydroxylation is 2. The molecule has 0 aliphatic carbocycles. The zero-order valence-electron chi connectivity index (χ0n) is 19.7. The molecule has 0 atom stereocenters. The molecule has 170 valence electrons. The molecule has 5 nitrogen and oxygen atoms in total. The lowest BCUT2D eigenvalue weighted by Crippen LogP contribution is -2.23. The molecule has 1 saturated heterocycles. The van der Waals surface area contributed by atoms with Crippen LogP contribution in [-0.2, 0) is 11.2 Å². The third-order valence-electron chi connectivity index (χ3n) is 6.19. The number of carbonyl (C=O) groups is 1. The molecule has 1 aliphatic heterocycles. The molecule has 0 spiro atoms. The standard InChI is InChI=1S/C28H26N4OS/c1-5-20-9-6-7-11-25(20)32-18(2)15-22(19(32)3)17-26-27(33)31(4)28(34-26)30-23-12-13-24-21(16-23)10-8-14-29-24/h6-17H,5H2,1-4H3/b26-17-,30-28?. The first-order valence-electron chi connectivity index (χ1n) is 11.3. The number of benzene rings is 2. The first-order valence-corrected chi connectivity index (χ1v) is 12.2. The van der Waals surface area contributed by atoms with Crippen molar-refractivity contribution in [2.75, 3.05) is 7.05 Å². The minimum atomic E-state index is -0.0371. The number of rotatable bonds is 4. The molecule has 1 fully saturated rings. The molecule has 0 unspecified atom stereocenters. The van der Waals surface area contributed by atoms with Gasteiger partial charge in [-0.25, -0.2) is 4.99 Å². The van der Waals surface area contributed by atoms with Crippen LogP contribution in [0.2, 0.25) is 0 Å². The second kappa shape index (κ2) is 8.95. The summed E-state index contributed by atoms with van der Waals surface area (Å²) in [5.74, 6) is -0.0371. The molecule has 4 aromatic rings. The van der Waals surface area contributed by atoms with Gasteiger partial charge in [-0.3, -0.25) is 14.7 Å². The summed E-state index contributed by atoms with van der Waals surface area (Å²) in [6.45, 7) is 6.39. The number of pyridine rings is 1. The van der Waals surface area contributed by atoms with Crippen LogP contribution in [-0.4, -0.2) is 32.6 Å². The fraction of sp³-hybridized carbons (Fsp3) is 0.179. The van der Waals surface area contributed by atoms with Crippen molar-refractivity contribution in [3.05, 3.63) is 94.3 Å². The van der Waals surface area contributed by atoms with Crippen LogP contribution in [0, 0.1) is 13.8 Å². The number of fused-ring (bicyclic) bond motifs is 1. The summed E-state index contributed by atoms with van der Waals surface area (Å²) in [5.41, 5.74) is 7.54. The number of aromatic nitrogens is 2. The lowest BCUT2D eigenvalue weighted by Gasteiger charge is -2.14. The Morgan fingerprint density at radius 3 is 2.71 bits per heavy atom. The van der Waals surface area contributed by atoms with Crippen molar-refractivity contribution in [3.63, 3.8) is 0 Å². The molecular weight excluding hydrogens is 440 g/mol. The minimum Gasteiger partial charge on any atom is -0.318 e. The lowest BCUT2D eigenvalue weighted by molar-refractivity contribution is -0.121. The van der Waals surface area contributed by atoms with Gasteiger partial charge in [0.15, 0.2) is 5.17 Å². The first-order chi connectivity index (χ1) is 16.5. The Morgan fingerprint density at radius 1 is 1.06 bits per heavy atom. The van der Waals surface area contributed by atoms with Gasteiger partial charge in [-0.2, -0.15) is 0 Å². The molecular formula is C28H26N4OS. The Labute approximate surface area is 203 Å². The molecule has 0 N–H and O–H groups in total. The molecule has 1 aliphatic rings. The summed E-state index contributed by atoms with van der Waals surface area (Å²) in [4.78, 5) is 24.4. The Kier molecular flexibility index (Phi) is 5.84. The van der Waals surface area contributed by atoms with Gasteiger partial charge in [0.1, 0.15) is 0 Å². The molecule has 5 rings (SSSR count). The highest BCUT2D eigenvalue weighted by Gasteiger charge is 2.30. The summed E-state index contributed by atoms with van der Waals surface area (Å²) in [6, 6.07) is 20.4. The largest absolute Gasteiger partial charge is 0.318 e. The Balaban J connectivity index is 1.49. The van der Waals surface area contributed by atoms with Crippen molar-refractivity contribution in [2.45, 2.75) is 27.2 Å². The van der Waals surface area contributed by atoms with Gasteiger partial charge in [-0.1, -0.05) is 31.2 Å². The van der Waals surface area contributed by atoms with Crippen molar-refractivity contribution in [3.8, 4) is 5.69 Å². The highest BCUT2D eigenvalue weighted by Crippen LogP contribution is 2.35. The van der Waals surface area contributed by atoms with Crippen LogP contribution in [0.5, 0.6) is 0 Å². The van der Waals surface area contributed by atoms with Crippen molar-refractivity contribution < 1.29 is 4.79 Å². The maximum absolute atomic E-state index is 13.0. The van der Waals surface area contributed by atoms with E-state index < -0.39 is 0 Å². The van der Waals surface area contributed by atoms with E-state index in [4.69, 9.17) is 4.99 Å². The molecule has 1 amide bonds. The number of hydrogen-bond donors (Lipinski definition) is 0. The first kappa shape index (κ1) is 22.2. The van der Waals surface area contributed by atoms with E-state index in [1.807, 2.05) is 36.4 Å². The summed E-state index contributed by atoms with van der Waals surface area (Å²) in [7, 11) is 1.78. The van der Waals surface area contributed by atoms with E-state index in [-0.39, 0.29) is 5.91 Å². The summed E-state index contributed by atoms with van der Waals surface area (Å²) in [5, 5.41) is 1.70. The summed E-state index contributed by atoms with van der Waals surface area (Å²) in [6.07, 6.45) is 4.74. The predicted octanol–water partition coefficient (Wildman–Crippen LogP) is 6.44. The number of aliphatic imine (C=N–C) groups is 1. The van der Waals surface area contributed by atoms with Crippen LogP contribution >= 0.6 is 11.8 Å². The van der Waals surface area contributed by atoms with E-state index >= 15 is 0 Å². The van der Waals surface area contributed by atoms with Crippen LogP contribution in [0.1, 0.15) is 29.4 Å². The van der Waals surface area contributed by atoms with Gasteiger partial charge in [0.25, 0.3) is 5.91 Å². The van der Waals surface area contributed by atoms with E-state index in [2.05, 4.69) is 60.7 Å². The quantitative estimate of drug-likeness (QED) is 0.325. The van der Waals surface area contributed by atoms with Crippen molar-refractivity contribution in [2.24, 2.45) is 4.99 Å². The summed E-state index contributed by atoms with van der Waals surface area (Å²) < 4.78 is 2.27. The fourth-order valence-electron chi connectivity index (χ4n) is 4.37. The molecule has 0 saturated carbocycles. The van der Waals surface area contributed by atoms with Gasteiger partial charge in [-0.05, 0) is 85.6 Å². The van der Waals surface area contributed by atoms with E-state index in [1.54, 1.807) is 18.1 Å². The number of thioether (sulfide) groups is 1. The second-order valence-corrected chi connectivity index (χ2v) is 9.40. The Bertz CT molecular complexity index is 1480. The second-order valence-electron chi connectivity index (χ2n) is 8.39. The average Bonchev–Trinajstić information content (AvgIpc) is 3.28. The lowest BCUT2D eigenvalue weighted by atomic mass is 10.1.